The summed E-state index contributed by atoms with van der Waals surface area (Å²) in [5.74, 6) is -2.26. The van der Waals surface area contributed by atoms with Crippen molar-refractivity contribution in [3.8, 4) is 0 Å². The third kappa shape index (κ3) is 23.2. The summed E-state index contributed by atoms with van der Waals surface area (Å²) in [4.78, 5) is 92.4. The molecule has 2 saturated carbocycles. The highest BCUT2D eigenvalue weighted by Crippen LogP contribution is 2.37. The van der Waals surface area contributed by atoms with Crippen LogP contribution in [0.5, 0.6) is 0 Å². The van der Waals surface area contributed by atoms with Gasteiger partial charge in [0.25, 0.3) is 0 Å². The summed E-state index contributed by atoms with van der Waals surface area (Å²) in [5.41, 5.74) is 1.26. The average molecular weight is 1030 g/mol. The van der Waals surface area contributed by atoms with E-state index in [4.69, 9.17) is 9.98 Å². The Hall–Kier alpha value is -3.96. The van der Waals surface area contributed by atoms with Crippen molar-refractivity contribution in [2.75, 3.05) is 104 Å². The van der Waals surface area contributed by atoms with E-state index in [0.717, 1.165) is 74.0 Å². The van der Waals surface area contributed by atoms with E-state index in [0.29, 0.717) is 97.2 Å². The van der Waals surface area contributed by atoms with Crippen LogP contribution in [0.3, 0.4) is 0 Å². The molecule has 5 aliphatic rings. The van der Waals surface area contributed by atoms with Crippen LogP contribution in [0.15, 0.2) is 21.1 Å². The lowest BCUT2D eigenvalue weighted by atomic mass is 9.91. The molecule has 0 bridgehead atoms. The summed E-state index contributed by atoms with van der Waals surface area (Å²) in [7, 11) is 0. The molecule has 0 spiro atoms. The molecule has 1 saturated heterocycles. The summed E-state index contributed by atoms with van der Waals surface area (Å²) < 4.78 is 0. The van der Waals surface area contributed by atoms with Crippen LogP contribution in [-0.4, -0.2) is 213 Å². The number of fused-ring (bicyclic) bond motifs is 1. The number of aliphatic imine (C=N–C) groups is 2. The van der Waals surface area contributed by atoms with E-state index < -0.39 is 17.9 Å². The van der Waals surface area contributed by atoms with Crippen molar-refractivity contribution in [3.05, 3.63) is 11.1 Å². The Balaban J connectivity index is 0.895. The van der Waals surface area contributed by atoms with Gasteiger partial charge in [0.1, 0.15) is 0 Å². The zero-order chi connectivity index (χ0) is 51.0. The first-order valence-corrected chi connectivity index (χ1v) is 28.0. The molecule has 3 heterocycles. The quantitative estimate of drug-likeness (QED) is 0.0394. The van der Waals surface area contributed by atoms with Gasteiger partial charge in [0.2, 0.25) is 17.7 Å². The predicted octanol–water partition coefficient (Wildman–Crippen LogP) is 3.29. The Bertz CT molecular complexity index is 1810. The van der Waals surface area contributed by atoms with Gasteiger partial charge in [-0.05, 0) is 83.5 Å². The summed E-state index contributed by atoms with van der Waals surface area (Å²) in [5, 5.41) is 45.7. The highest BCUT2D eigenvalue weighted by Gasteiger charge is 2.36. The average Bonchev–Trinajstić information content (AvgIpc) is 3.83. The molecule has 2 aliphatic carbocycles. The molecule has 22 heteroatoms. The molecule has 0 aromatic rings. The zero-order valence-electron chi connectivity index (χ0n) is 42.4. The van der Waals surface area contributed by atoms with Gasteiger partial charge < -0.3 is 41.5 Å². The van der Waals surface area contributed by atoms with Crippen LogP contribution in [0.4, 0.5) is 0 Å². The first-order chi connectivity index (χ1) is 34.1. The lowest BCUT2D eigenvalue weighted by Crippen LogP contribution is -2.49. The molecular formula is C49H83N11O9S2. The van der Waals surface area contributed by atoms with Crippen LogP contribution in [0.25, 0.3) is 0 Å². The van der Waals surface area contributed by atoms with E-state index in [2.05, 4.69) is 45.4 Å². The molecule has 0 aromatic heterocycles. The van der Waals surface area contributed by atoms with E-state index >= 15 is 0 Å². The maximum atomic E-state index is 13.0. The van der Waals surface area contributed by atoms with Gasteiger partial charge in [0.05, 0.1) is 37.8 Å². The minimum absolute atomic E-state index is 0.00828. The van der Waals surface area contributed by atoms with Crippen LogP contribution in [-0.2, 0) is 28.8 Å². The molecule has 0 aromatic carbocycles. The Kier molecular flexibility index (Phi) is 25.2. The second-order valence-corrected chi connectivity index (χ2v) is 22.2. The summed E-state index contributed by atoms with van der Waals surface area (Å²) in [6, 6.07) is 0.931. The fourth-order valence-corrected chi connectivity index (χ4v) is 11.8. The van der Waals surface area contributed by atoms with Crippen molar-refractivity contribution in [2.24, 2.45) is 9.98 Å². The lowest BCUT2D eigenvalue weighted by molar-refractivity contribution is -0.140. The smallest absolute Gasteiger partial charge is 0.317 e. The number of thioether (sulfide) groups is 2. The molecule has 7 N–H and O–H groups in total. The number of rotatable bonds is 25. The SMILES string of the molecule is CC1(C)CN2C(CSC(=NC3CCC(NC(=O)CCCCCNC(=O)CCCCCNC(=O)CN4CCN(CC(=O)O)CCN(CC(=O)O)CCN(CC(=O)O)CC4)CC3)NC3CCCCC3)=CSC2=N1. The highest BCUT2D eigenvalue weighted by atomic mass is 32.2. The second kappa shape index (κ2) is 30.9. The first-order valence-electron chi connectivity index (χ1n) is 26.2. The van der Waals surface area contributed by atoms with Crippen molar-refractivity contribution >= 4 is 69.5 Å². The van der Waals surface area contributed by atoms with Gasteiger partial charge in [0.15, 0.2) is 10.3 Å². The largest absolute Gasteiger partial charge is 0.480 e. The van der Waals surface area contributed by atoms with E-state index in [1.54, 1.807) is 26.5 Å². The number of hydrogen-bond donors (Lipinski definition) is 7. The number of amides is 3. The Labute approximate surface area is 429 Å². The fourth-order valence-electron chi connectivity index (χ4n) is 9.68. The molecule has 0 unspecified atom stereocenters. The number of carboxylic acids is 3. The topological polar surface area (TPSA) is 252 Å². The number of unbranched alkanes of at least 4 members (excludes halogenated alkanes) is 4. The van der Waals surface area contributed by atoms with E-state index in [-0.39, 0.29) is 61.5 Å². The molecule has 5 rings (SSSR count). The minimum atomic E-state index is -1.02. The number of carbonyl (C=O) groups excluding carboxylic acids is 3. The molecule has 71 heavy (non-hydrogen) atoms. The Morgan fingerprint density at radius 3 is 1.66 bits per heavy atom. The molecular weight excluding hydrogens is 951 g/mol. The predicted molar refractivity (Wildman–Crippen MR) is 280 cm³/mol. The van der Waals surface area contributed by atoms with Crippen LogP contribution in [0.1, 0.15) is 123 Å². The molecule has 400 valence electrons. The number of hydrogen-bond acceptors (Lipinski definition) is 15. The van der Waals surface area contributed by atoms with Crippen LogP contribution in [0.2, 0.25) is 0 Å². The van der Waals surface area contributed by atoms with Crippen LogP contribution >= 0.6 is 23.5 Å². The maximum Gasteiger partial charge on any atom is 0.317 e. The number of carbonyl (C=O) groups is 6. The van der Waals surface area contributed by atoms with Crippen molar-refractivity contribution in [1.29, 1.82) is 0 Å². The summed E-state index contributed by atoms with van der Waals surface area (Å²) in [6.07, 6.45) is 15.5. The monoisotopic (exact) mass is 1030 g/mol. The summed E-state index contributed by atoms with van der Waals surface area (Å²) in [6.45, 7) is 8.34. The highest BCUT2D eigenvalue weighted by molar-refractivity contribution is 8.17. The minimum Gasteiger partial charge on any atom is -0.480 e. The van der Waals surface area contributed by atoms with Crippen molar-refractivity contribution in [2.45, 2.75) is 147 Å². The molecule has 3 fully saturated rings. The van der Waals surface area contributed by atoms with Gasteiger partial charge in [-0.3, -0.25) is 58.4 Å². The van der Waals surface area contributed by atoms with Crippen LogP contribution < -0.4 is 21.3 Å². The zero-order valence-corrected chi connectivity index (χ0v) is 44.0. The van der Waals surface area contributed by atoms with Gasteiger partial charge in [0, 0.05) is 108 Å². The maximum absolute atomic E-state index is 13.0. The molecule has 20 nitrogen and oxygen atoms in total. The van der Waals surface area contributed by atoms with Gasteiger partial charge in [-0.15, -0.1) is 0 Å². The fraction of sp³-hybridized carbons (Fsp3) is 0.796. The van der Waals surface area contributed by atoms with E-state index in [1.165, 1.54) is 37.8 Å². The third-order valence-corrected chi connectivity index (χ3v) is 15.5. The standard InChI is InChI=1S/C49H83N11O9S2/c1-49(2)36-60-40(35-71-48(60)55-49)34-70-47(53-37-12-6-3-7-13-37)54-39-18-16-38(17-19-39)52-42(62)15-9-5-10-20-50-41(61)14-8-4-11-21-51-43(63)30-56-22-24-57(31-44(64)65)26-28-59(33-46(68)69)29-27-58(25-23-56)32-45(66)67/h35,37-39H,3-34,36H2,1-2H3,(H,50,61)(H,51,63)(H,52,62)(H,53,54)(H,64,65)(H,66,67)(H,68,69). The van der Waals surface area contributed by atoms with E-state index in [9.17, 15) is 44.1 Å². The lowest BCUT2D eigenvalue weighted by Gasteiger charge is -2.32. The van der Waals surface area contributed by atoms with Gasteiger partial charge >= 0.3 is 17.9 Å². The summed E-state index contributed by atoms with van der Waals surface area (Å²) >= 11 is 3.55. The molecule has 0 atom stereocenters. The Morgan fingerprint density at radius 2 is 1.13 bits per heavy atom. The third-order valence-electron chi connectivity index (χ3n) is 13.7. The number of amidine groups is 2. The van der Waals surface area contributed by atoms with Crippen LogP contribution in [0, 0.1) is 0 Å². The van der Waals surface area contributed by atoms with Crippen molar-refractivity contribution < 1.29 is 44.1 Å². The molecule has 0 radical (unpaired) electrons. The van der Waals surface area contributed by atoms with Gasteiger partial charge in [-0.25, -0.2) is 0 Å². The number of nitrogens with one attached hydrogen (secondary N) is 4. The normalized spacial score (nSPS) is 22.3. The number of nitrogens with zero attached hydrogens (tertiary/aromatic N) is 7. The van der Waals surface area contributed by atoms with E-state index in [1.807, 2.05) is 16.7 Å². The van der Waals surface area contributed by atoms with Gasteiger partial charge in [-0.2, -0.15) is 0 Å². The Morgan fingerprint density at radius 1 is 0.634 bits per heavy atom. The number of aliphatic carboxylic acids is 3. The second-order valence-electron chi connectivity index (χ2n) is 20.4. The molecule has 3 aliphatic heterocycles. The van der Waals surface area contributed by atoms with Crippen molar-refractivity contribution in [3.63, 3.8) is 0 Å². The van der Waals surface area contributed by atoms with Crippen molar-refractivity contribution in [1.82, 2.24) is 45.8 Å². The first kappa shape index (κ1) is 57.9. The van der Waals surface area contributed by atoms with Gasteiger partial charge in [-0.1, -0.05) is 55.6 Å². The number of carboxylic acid groups (broad SMARTS) is 3. The molecule has 3 amide bonds.